The van der Waals surface area contributed by atoms with Crippen LogP contribution in [0.5, 0.6) is 11.5 Å². The zero-order valence-corrected chi connectivity index (χ0v) is 15.9. The number of rotatable bonds is 7. The van der Waals surface area contributed by atoms with Gasteiger partial charge in [-0.05, 0) is 56.4 Å². The van der Waals surface area contributed by atoms with Gasteiger partial charge in [-0.25, -0.2) is 0 Å². The van der Waals surface area contributed by atoms with Gasteiger partial charge in [0, 0.05) is 18.7 Å². The van der Waals surface area contributed by atoms with Gasteiger partial charge in [0.25, 0.3) is 0 Å². The van der Waals surface area contributed by atoms with Gasteiger partial charge < -0.3 is 25.0 Å². The van der Waals surface area contributed by atoms with Gasteiger partial charge in [-0.15, -0.1) is 0 Å². The number of carbonyl (C=O) groups is 2. The minimum Gasteiger partial charge on any atom is -0.504 e. The van der Waals surface area contributed by atoms with Crippen LogP contribution < -0.4 is 10.1 Å². The molecule has 2 atom stereocenters. The average molecular weight is 377 g/mol. The highest BCUT2D eigenvalue weighted by Crippen LogP contribution is 2.32. The maximum atomic E-state index is 12.3. The summed E-state index contributed by atoms with van der Waals surface area (Å²) in [5.74, 6) is -0.945. The van der Waals surface area contributed by atoms with Crippen LogP contribution in [0.2, 0.25) is 0 Å². The summed E-state index contributed by atoms with van der Waals surface area (Å²) in [5, 5.41) is 21.6. The number of carboxylic acids is 1. The van der Waals surface area contributed by atoms with Crippen molar-refractivity contribution in [3.63, 3.8) is 0 Å². The van der Waals surface area contributed by atoms with Crippen molar-refractivity contribution in [3.05, 3.63) is 29.8 Å². The molecule has 0 unspecified atom stereocenters. The number of carboxylic acid groups (broad SMARTS) is 1. The first-order valence-electron chi connectivity index (χ1n) is 8.91. The van der Waals surface area contributed by atoms with E-state index in [2.05, 4.69) is 5.32 Å². The second kappa shape index (κ2) is 8.90. The maximum absolute atomic E-state index is 12.3. The minimum absolute atomic E-state index is 0.0164. The third-order valence-corrected chi connectivity index (χ3v) is 4.66. The Morgan fingerprint density at radius 3 is 2.81 bits per heavy atom. The molecule has 0 aliphatic carbocycles. The highest BCUT2D eigenvalue weighted by Gasteiger charge is 2.34. The Morgan fingerprint density at radius 1 is 1.44 bits per heavy atom. The first-order valence-corrected chi connectivity index (χ1v) is 8.91. The topological polar surface area (TPSA) is 105 Å². The molecule has 1 heterocycles. The maximum Gasteiger partial charge on any atom is 0.305 e. The zero-order valence-electron chi connectivity index (χ0n) is 15.9. The standard InChI is InChI=1S/C20H27NO6/c1-20(2)12-14(8-9-27-20)15(11-19(24)25)21-18(23)7-5-13-4-6-16(22)17(10-13)26-3/h4-7,10,14-15,22H,8-9,11-12H2,1-3H3,(H,21,23)(H,24,25)/b7-5+/t14-,15+/m0/s1. The van der Waals surface area contributed by atoms with Crippen LogP contribution in [0.1, 0.15) is 38.7 Å². The highest BCUT2D eigenvalue weighted by atomic mass is 16.5. The molecule has 7 nitrogen and oxygen atoms in total. The number of hydrogen-bond donors (Lipinski definition) is 3. The molecule has 2 rings (SSSR count). The van der Waals surface area contributed by atoms with Crippen molar-refractivity contribution < 1.29 is 29.3 Å². The van der Waals surface area contributed by atoms with Crippen molar-refractivity contribution in [2.24, 2.45) is 5.92 Å². The molecule has 1 aromatic rings. The molecule has 27 heavy (non-hydrogen) atoms. The molecule has 1 saturated heterocycles. The lowest BCUT2D eigenvalue weighted by Crippen LogP contribution is -2.46. The minimum atomic E-state index is -0.947. The van der Waals surface area contributed by atoms with Crippen LogP contribution in [0.3, 0.4) is 0 Å². The number of ether oxygens (including phenoxy) is 2. The normalized spacial score (nSPS) is 20.2. The van der Waals surface area contributed by atoms with Crippen LogP contribution in [-0.4, -0.2) is 47.4 Å². The van der Waals surface area contributed by atoms with Crippen LogP contribution in [0.25, 0.3) is 6.08 Å². The number of carbonyl (C=O) groups excluding carboxylic acids is 1. The molecule has 0 aromatic heterocycles. The Balaban J connectivity index is 2.05. The lowest BCUT2D eigenvalue weighted by molar-refractivity contribution is -0.139. The van der Waals surface area contributed by atoms with Gasteiger partial charge in [-0.1, -0.05) is 6.07 Å². The van der Waals surface area contributed by atoms with Crippen molar-refractivity contribution in [1.29, 1.82) is 0 Å². The number of hydrogen-bond acceptors (Lipinski definition) is 5. The lowest BCUT2D eigenvalue weighted by atomic mass is 9.82. The first kappa shape index (κ1) is 20.8. The molecule has 0 spiro atoms. The fraction of sp³-hybridized carbons (Fsp3) is 0.500. The van der Waals surface area contributed by atoms with Crippen molar-refractivity contribution in [2.75, 3.05) is 13.7 Å². The van der Waals surface area contributed by atoms with E-state index >= 15 is 0 Å². The van der Waals surface area contributed by atoms with E-state index in [-0.39, 0.29) is 29.6 Å². The smallest absolute Gasteiger partial charge is 0.305 e. The van der Waals surface area contributed by atoms with Crippen molar-refractivity contribution in [3.8, 4) is 11.5 Å². The van der Waals surface area contributed by atoms with E-state index in [9.17, 15) is 19.8 Å². The van der Waals surface area contributed by atoms with Gasteiger partial charge in [-0.2, -0.15) is 0 Å². The molecule has 1 aromatic carbocycles. The average Bonchev–Trinajstić information content (AvgIpc) is 2.59. The summed E-state index contributed by atoms with van der Waals surface area (Å²) in [6.07, 6.45) is 4.20. The van der Waals surface area contributed by atoms with Crippen molar-refractivity contribution in [2.45, 2.75) is 44.8 Å². The predicted molar refractivity (Wildman–Crippen MR) is 101 cm³/mol. The highest BCUT2D eigenvalue weighted by molar-refractivity contribution is 5.92. The second-order valence-corrected chi connectivity index (χ2v) is 7.34. The van der Waals surface area contributed by atoms with E-state index in [1.807, 2.05) is 13.8 Å². The molecule has 1 aliphatic rings. The van der Waals surface area contributed by atoms with Crippen LogP contribution in [0.4, 0.5) is 0 Å². The fourth-order valence-corrected chi connectivity index (χ4v) is 3.35. The van der Waals surface area contributed by atoms with Gasteiger partial charge in [0.15, 0.2) is 11.5 Å². The largest absolute Gasteiger partial charge is 0.504 e. The summed E-state index contributed by atoms with van der Waals surface area (Å²) in [4.78, 5) is 23.6. The summed E-state index contributed by atoms with van der Waals surface area (Å²) < 4.78 is 10.7. The van der Waals surface area contributed by atoms with Gasteiger partial charge in [-0.3, -0.25) is 9.59 Å². The zero-order chi connectivity index (χ0) is 20.0. The Kier molecular flexibility index (Phi) is 6.85. The van der Waals surface area contributed by atoms with Crippen LogP contribution in [0.15, 0.2) is 24.3 Å². The Hall–Kier alpha value is -2.54. The number of phenols is 1. The molecule has 3 N–H and O–H groups in total. The van der Waals surface area contributed by atoms with E-state index in [4.69, 9.17) is 9.47 Å². The number of aliphatic carboxylic acids is 1. The number of benzene rings is 1. The monoisotopic (exact) mass is 377 g/mol. The summed E-state index contributed by atoms with van der Waals surface area (Å²) in [6.45, 7) is 4.49. The van der Waals surface area contributed by atoms with Crippen LogP contribution in [-0.2, 0) is 14.3 Å². The summed E-state index contributed by atoms with van der Waals surface area (Å²) in [7, 11) is 1.45. The molecule has 0 radical (unpaired) electrons. The van der Waals surface area contributed by atoms with Gasteiger partial charge in [0.2, 0.25) is 5.91 Å². The van der Waals surface area contributed by atoms with Crippen LogP contribution >= 0.6 is 0 Å². The van der Waals surface area contributed by atoms with E-state index in [1.54, 1.807) is 18.2 Å². The molecular weight excluding hydrogens is 350 g/mol. The van der Waals surface area contributed by atoms with Gasteiger partial charge in [0.05, 0.1) is 19.1 Å². The Labute approximate surface area is 159 Å². The third kappa shape index (κ3) is 6.29. The molecule has 0 bridgehead atoms. The summed E-state index contributed by atoms with van der Waals surface area (Å²) in [6, 6.07) is 4.28. The number of nitrogens with one attached hydrogen (secondary N) is 1. The number of amides is 1. The predicted octanol–water partition coefficient (Wildman–Crippen LogP) is 2.58. The Bertz CT molecular complexity index is 712. The van der Waals surface area contributed by atoms with Gasteiger partial charge >= 0.3 is 5.97 Å². The van der Waals surface area contributed by atoms with Crippen LogP contribution in [0, 0.1) is 5.92 Å². The Morgan fingerprint density at radius 2 is 2.19 bits per heavy atom. The second-order valence-electron chi connectivity index (χ2n) is 7.34. The molecule has 0 saturated carbocycles. The molecule has 1 fully saturated rings. The molecule has 7 heteroatoms. The van der Waals surface area contributed by atoms with E-state index < -0.39 is 12.0 Å². The number of phenolic OH excluding ortho intramolecular Hbond substituents is 1. The van der Waals surface area contributed by atoms with E-state index in [0.717, 1.165) is 0 Å². The summed E-state index contributed by atoms with van der Waals surface area (Å²) in [5.41, 5.74) is 0.352. The molecule has 1 amide bonds. The number of aromatic hydroxyl groups is 1. The summed E-state index contributed by atoms with van der Waals surface area (Å²) >= 11 is 0. The first-order chi connectivity index (χ1) is 12.7. The SMILES string of the molecule is COc1cc(/C=C/C(=O)N[C@H](CC(=O)O)[C@H]2CCOC(C)(C)C2)ccc1O. The number of methoxy groups -OCH3 is 1. The third-order valence-electron chi connectivity index (χ3n) is 4.66. The fourth-order valence-electron chi connectivity index (χ4n) is 3.35. The van der Waals surface area contributed by atoms with E-state index in [1.165, 1.54) is 19.3 Å². The van der Waals surface area contributed by atoms with Crippen molar-refractivity contribution >= 4 is 18.0 Å². The molecular formula is C20H27NO6. The lowest BCUT2D eigenvalue weighted by Gasteiger charge is -2.39. The van der Waals surface area contributed by atoms with E-state index in [0.29, 0.717) is 30.8 Å². The molecule has 1 aliphatic heterocycles. The quantitative estimate of drug-likeness (QED) is 0.631. The molecule has 148 valence electrons. The van der Waals surface area contributed by atoms with Crippen molar-refractivity contribution in [1.82, 2.24) is 5.32 Å². The van der Waals surface area contributed by atoms with Gasteiger partial charge in [0.1, 0.15) is 0 Å².